The molecule has 1 aliphatic rings. The first-order valence-corrected chi connectivity index (χ1v) is 6.32. The Bertz CT molecular complexity index is 325. The first-order chi connectivity index (χ1) is 7.12. The molecule has 2 heteroatoms. The maximum absolute atomic E-state index is 3.49. The first-order valence-electron chi connectivity index (χ1n) is 5.53. The summed E-state index contributed by atoms with van der Waals surface area (Å²) < 4.78 is 1.17. The highest BCUT2D eigenvalue weighted by Crippen LogP contribution is 2.44. The smallest absolute Gasteiger partial charge is 0.0175 e. The van der Waals surface area contributed by atoms with Gasteiger partial charge < -0.3 is 4.90 Å². The third kappa shape index (κ3) is 2.26. The summed E-state index contributed by atoms with van der Waals surface area (Å²) in [6, 6.07) is 8.86. The second-order valence-electron chi connectivity index (χ2n) is 4.88. The van der Waals surface area contributed by atoms with Crippen LogP contribution in [0.15, 0.2) is 28.7 Å². The lowest BCUT2D eigenvalue weighted by molar-refractivity contribution is 0.177. The topological polar surface area (TPSA) is 3.24 Å². The largest absolute Gasteiger partial charge is 0.309 e. The fraction of sp³-hybridized carbons (Fsp3) is 0.538. The van der Waals surface area contributed by atoms with Crippen LogP contribution < -0.4 is 0 Å². The van der Waals surface area contributed by atoms with E-state index in [9.17, 15) is 0 Å². The molecular formula is C13H18BrN. The predicted molar refractivity (Wildman–Crippen MR) is 68.2 cm³/mol. The van der Waals surface area contributed by atoms with E-state index in [0.717, 1.165) is 0 Å². The van der Waals surface area contributed by atoms with Crippen LogP contribution in [0.25, 0.3) is 0 Å². The molecule has 1 nitrogen and oxygen atoms in total. The van der Waals surface area contributed by atoms with Crippen molar-refractivity contribution in [2.24, 2.45) is 0 Å². The fourth-order valence-corrected chi connectivity index (χ4v) is 2.81. The van der Waals surface area contributed by atoms with Gasteiger partial charge in [-0.1, -0.05) is 34.5 Å². The van der Waals surface area contributed by atoms with E-state index in [1.165, 1.54) is 35.8 Å². The van der Waals surface area contributed by atoms with Crippen LogP contribution in [-0.2, 0) is 5.41 Å². The van der Waals surface area contributed by atoms with Crippen LogP contribution in [0.4, 0.5) is 0 Å². The number of hydrogen-bond acceptors (Lipinski definition) is 1. The SMILES string of the molecule is CN(C)CC1(c2ccc(Br)cc2)CCC1. The Kier molecular flexibility index (Phi) is 3.17. The van der Waals surface area contributed by atoms with Gasteiger partial charge in [-0.3, -0.25) is 0 Å². The predicted octanol–water partition coefficient (Wildman–Crippen LogP) is 3.43. The summed E-state index contributed by atoms with van der Waals surface area (Å²) in [6.45, 7) is 1.18. The van der Waals surface area contributed by atoms with Gasteiger partial charge >= 0.3 is 0 Å². The Morgan fingerprint density at radius 2 is 1.80 bits per heavy atom. The zero-order valence-corrected chi connectivity index (χ0v) is 11.0. The lowest BCUT2D eigenvalue weighted by Crippen LogP contribution is -2.43. The monoisotopic (exact) mass is 267 g/mol. The number of hydrogen-bond donors (Lipinski definition) is 0. The molecule has 0 bridgehead atoms. The maximum atomic E-state index is 3.49. The van der Waals surface area contributed by atoms with E-state index in [4.69, 9.17) is 0 Å². The molecule has 0 aromatic heterocycles. The number of likely N-dealkylation sites (N-methyl/N-ethyl adjacent to an activating group) is 1. The minimum absolute atomic E-state index is 0.435. The van der Waals surface area contributed by atoms with E-state index in [2.05, 4.69) is 59.2 Å². The first kappa shape index (κ1) is 11.2. The normalized spacial score (nSPS) is 18.9. The highest BCUT2D eigenvalue weighted by Gasteiger charge is 2.38. The van der Waals surface area contributed by atoms with Crippen molar-refractivity contribution in [3.8, 4) is 0 Å². The average molecular weight is 268 g/mol. The van der Waals surface area contributed by atoms with Gasteiger partial charge in [0.1, 0.15) is 0 Å². The van der Waals surface area contributed by atoms with E-state index in [1.54, 1.807) is 0 Å². The minimum atomic E-state index is 0.435. The number of rotatable bonds is 3. The van der Waals surface area contributed by atoms with Crippen LogP contribution in [-0.4, -0.2) is 25.5 Å². The molecule has 1 aromatic rings. The van der Waals surface area contributed by atoms with Crippen LogP contribution in [0.3, 0.4) is 0 Å². The summed E-state index contributed by atoms with van der Waals surface area (Å²) in [7, 11) is 4.33. The zero-order valence-electron chi connectivity index (χ0n) is 9.46. The molecule has 82 valence electrons. The zero-order chi connectivity index (χ0) is 10.9. The Balaban J connectivity index is 2.22. The molecule has 0 spiro atoms. The Labute approximate surface area is 101 Å². The molecule has 0 heterocycles. The van der Waals surface area contributed by atoms with Crippen LogP contribution in [0, 0.1) is 0 Å². The van der Waals surface area contributed by atoms with Crippen LogP contribution >= 0.6 is 15.9 Å². The molecule has 0 atom stereocenters. The molecule has 0 unspecified atom stereocenters. The molecule has 0 aliphatic heterocycles. The van der Waals surface area contributed by atoms with Gasteiger partial charge in [-0.25, -0.2) is 0 Å². The molecule has 0 amide bonds. The second kappa shape index (κ2) is 4.26. The van der Waals surface area contributed by atoms with Gasteiger partial charge in [-0.2, -0.15) is 0 Å². The highest BCUT2D eigenvalue weighted by atomic mass is 79.9. The fourth-order valence-electron chi connectivity index (χ4n) is 2.55. The third-order valence-corrected chi connectivity index (χ3v) is 3.91. The minimum Gasteiger partial charge on any atom is -0.309 e. The van der Waals surface area contributed by atoms with E-state index < -0.39 is 0 Å². The quantitative estimate of drug-likeness (QED) is 0.811. The molecule has 1 saturated carbocycles. The summed E-state index contributed by atoms with van der Waals surface area (Å²) in [5.41, 5.74) is 1.94. The van der Waals surface area contributed by atoms with E-state index in [0.29, 0.717) is 5.41 Å². The average Bonchev–Trinajstić information content (AvgIpc) is 2.13. The van der Waals surface area contributed by atoms with Crippen molar-refractivity contribution >= 4 is 15.9 Å². The van der Waals surface area contributed by atoms with Crippen molar-refractivity contribution in [2.75, 3.05) is 20.6 Å². The van der Waals surface area contributed by atoms with Crippen molar-refractivity contribution in [3.05, 3.63) is 34.3 Å². The number of halogens is 1. The molecule has 15 heavy (non-hydrogen) atoms. The standard InChI is InChI=1S/C13H18BrN/c1-15(2)10-13(8-3-9-13)11-4-6-12(14)7-5-11/h4-7H,3,8-10H2,1-2H3. The molecule has 1 aromatic carbocycles. The van der Waals surface area contributed by atoms with Crippen molar-refractivity contribution in [1.82, 2.24) is 4.90 Å². The molecule has 0 radical (unpaired) electrons. The lowest BCUT2D eigenvalue weighted by atomic mass is 9.64. The Morgan fingerprint density at radius 3 is 2.20 bits per heavy atom. The van der Waals surface area contributed by atoms with Crippen LogP contribution in [0.5, 0.6) is 0 Å². The van der Waals surface area contributed by atoms with Crippen molar-refractivity contribution in [2.45, 2.75) is 24.7 Å². The summed E-state index contributed by atoms with van der Waals surface area (Å²) in [5.74, 6) is 0. The highest BCUT2D eigenvalue weighted by molar-refractivity contribution is 9.10. The second-order valence-corrected chi connectivity index (χ2v) is 5.79. The van der Waals surface area contributed by atoms with E-state index in [-0.39, 0.29) is 0 Å². The molecular weight excluding hydrogens is 250 g/mol. The van der Waals surface area contributed by atoms with Crippen molar-refractivity contribution in [3.63, 3.8) is 0 Å². The van der Waals surface area contributed by atoms with Gasteiger partial charge in [0.05, 0.1) is 0 Å². The van der Waals surface area contributed by atoms with Gasteiger partial charge in [0.15, 0.2) is 0 Å². The van der Waals surface area contributed by atoms with Crippen molar-refractivity contribution in [1.29, 1.82) is 0 Å². The van der Waals surface area contributed by atoms with Gasteiger partial charge in [0.25, 0.3) is 0 Å². The summed E-state index contributed by atoms with van der Waals surface area (Å²) in [6.07, 6.45) is 4.06. The van der Waals surface area contributed by atoms with Gasteiger partial charge in [-0.15, -0.1) is 0 Å². The van der Waals surface area contributed by atoms with Crippen molar-refractivity contribution < 1.29 is 0 Å². The lowest BCUT2D eigenvalue weighted by Gasteiger charge is -2.44. The van der Waals surface area contributed by atoms with E-state index in [1.807, 2.05) is 0 Å². The molecule has 1 fully saturated rings. The Hall–Kier alpha value is -0.340. The van der Waals surface area contributed by atoms with Crippen LogP contribution in [0.1, 0.15) is 24.8 Å². The molecule has 2 rings (SSSR count). The molecule has 1 aliphatic carbocycles. The summed E-state index contributed by atoms with van der Waals surface area (Å²) >= 11 is 3.49. The third-order valence-electron chi connectivity index (χ3n) is 3.39. The van der Waals surface area contributed by atoms with Gasteiger partial charge in [0, 0.05) is 16.4 Å². The van der Waals surface area contributed by atoms with Gasteiger partial charge in [-0.05, 0) is 44.6 Å². The number of nitrogens with zero attached hydrogens (tertiary/aromatic N) is 1. The van der Waals surface area contributed by atoms with Crippen LogP contribution in [0.2, 0.25) is 0 Å². The molecule has 0 N–H and O–H groups in total. The maximum Gasteiger partial charge on any atom is 0.0175 e. The van der Waals surface area contributed by atoms with E-state index >= 15 is 0 Å². The number of benzene rings is 1. The summed E-state index contributed by atoms with van der Waals surface area (Å²) in [4.78, 5) is 2.31. The van der Waals surface area contributed by atoms with Gasteiger partial charge in [0.2, 0.25) is 0 Å². The summed E-state index contributed by atoms with van der Waals surface area (Å²) in [5, 5.41) is 0. The molecule has 0 saturated heterocycles. The Morgan fingerprint density at radius 1 is 1.20 bits per heavy atom.